The van der Waals surface area contributed by atoms with Crippen LogP contribution in [0.2, 0.25) is 5.02 Å². The molecule has 1 aliphatic heterocycles. The molecule has 0 spiro atoms. The van der Waals surface area contributed by atoms with Crippen molar-refractivity contribution in [3.05, 3.63) is 35.0 Å². The molecule has 0 saturated carbocycles. The highest BCUT2D eigenvalue weighted by atomic mass is 35.5. The molecule has 1 aromatic rings. The van der Waals surface area contributed by atoms with Gasteiger partial charge < -0.3 is 16.0 Å². The minimum absolute atomic E-state index is 0.0292. The first kappa shape index (κ1) is 19.1. The zero-order valence-electron chi connectivity index (χ0n) is 13.7. The van der Waals surface area contributed by atoms with Gasteiger partial charge in [-0.1, -0.05) is 11.6 Å². The van der Waals surface area contributed by atoms with Crippen molar-refractivity contribution in [1.82, 2.24) is 4.90 Å². The normalized spacial score (nSPS) is 19.2. The Balaban J connectivity index is 2.17. The first-order valence-corrected chi connectivity index (χ1v) is 9.90. The van der Waals surface area contributed by atoms with E-state index in [0.29, 0.717) is 24.3 Å². The van der Waals surface area contributed by atoms with Gasteiger partial charge >= 0.3 is 0 Å². The van der Waals surface area contributed by atoms with Gasteiger partial charge in [0.2, 0.25) is 0 Å². The number of carbonyl (C=O) groups is 1. The second kappa shape index (κ2) is 7.76. The third-order valence-electron chi connectivity index (χ3n) is 3.94. The molecule has 1 aromatic carbocycles. The van der Waals surface area contributed by atoms with E-state index in [0.717, 1.165) is 0 Å². The molecule has 0 bridgehead atoms. The Labute approximate surface area is 152 Å². The number of nitrogens with zero attached hydrogens (tertiary/aromatic N) is 2. The number of nitrogens with one attached hydrogen (secondary N) is 1. The van der Waals surface area contributed by atoms with Gasteiger partial charge in [-0.05, 0) is 31.5 Å². The van der Waals surface area contributed by atoms with E-state index in [4.69, 9.17) is 17.3 Å². The molecule has 2 rings (SSSR count). The number of hydrogen-bond donors (Lipinski definition) is 2. The Morgan fingerprint density at radius 3 is 2.80 bits per heavy atom. The number of halogens is 1. The van der Waals surface area contributed by atoms with Gasteiger partial charge in [0.1, 0.15) is 11.6 Å². The van der Waals surface area contributed by atoms with Crippen molar-refractivity contribution in [2.75, 3.05) is 29.1 Å². The predicted octanol–water partition coefficient (Wildman–Crippen LogP) is 1.78. The topological polar surface area (TPSA) is 116 Å². The lowest BCUT2D eigenvalue weighted by Gasteiger charge is -2.25. The number of rotatable bonds is 5. The van der Waals surface area contributed by atoms with E-state index < -0.39 is 15.7 Å². The number of anilines is 2. The van der Waals surface area contributed by atoms with Crippen LogP contribution >= 0.6 is 11.6 Å². The maximum absolute atomic E-state index is 12.3. The number of nitriles is 1. The number of benzene rings is 1. The van der Waals surface area contributed by atoms with Crippen LogP contribution in [0.4, 0.5) is 11.4 Å². The average molecular weight is 383 g/mol. The van der Waals surface area contributed by atoms with Crippen LogP contribution < -0.4 is 11.1 Å². The lowest BCUT2D eigenvalue weighted by atomic mass is 10.2. The molecule has 134 valence electrons. The maximum Gasteiger partial charge on any atom is 0.267 e. The molecule has 0 aromatic heterocycles. The number of amides is 1. The summed E-state index contributed by atoms with van der Waals surface area (Å²) in [5.41, 5.74) is 6.28. The largest absolute Gasteiger partial charge is 0.399 e. The van der Waals surface area contributed by atoms with Crippen LogP contribution in [-0.2, 0) is 14.6 Å². The van der Waals surface area contributed by atoms with E-state index in [1.54, 1.807) is 17.0 Å². The monoisotopic (exact) mass is 382 g/mol. The van der Waals surface area contributed by atoms with E-state index in [2.05, 4.69) is 5.32 Å². The van der Waals surface area contributed by atoms with Crippen molar-refractivity contribution in [3.63, 3.8) is 0 Å². The Bertz CT molecular complexity index is 845. The molecular formula is C16H19ClN4O3S. The lowest BCUT2D eigenvalue weighted by molar-refractivity contribution is -0.112. The maximum atomic E-state index is 12.3. The van der Waals surface area contributed by atoms with Gasteiger partial charge in [-0.15, -0.1) is 0 Å². The Morgan fingerprint density at radius 1 is 1.56 bits per heavy atom. The summed E-state index contributed by atoms with van der Waals surface area (Å²) < 4.78 is 23.3. The van der Waals surface area contributed by atoms with Gasteiger partial charge in [-0.25, -0.2) is 8.42 Å². The highest BCUT2D eigenvalue weighted by molar-refractivity contribution is 7.91. The fourth-order valence-electron chi connectivity index (χ4n) is 2.62. The van der Waals surface area contributed by atoms with Gasteiger partial charge in [-0.2, -0.15) is 5.26 Å². The summed E-state index contributed by atoms with van der Waals surface area (Å²) in [7, 11) is -3.06. The van der Waals surface area contributed by atoms with E-state index in [-0.39, 0.29) is 28.1 Å². The summed E-state index contributed by atoms with van der Waals surface area (Å²) in [4.78, 5) is 14.1. The van der Waals surface area contributed by atoms with Crippen LogP contribution in [-0.4, -0.2) is 43.3 Å². The molecule has 9 heteroatoms. The molecule has 0 aliphatic carbocycles. The van der Waals surface area contributed by atoms with Crippen molar-refractivity contribution in [3.8, 4) is 6.07 Å². The highest BCUT2D eigenvalue weighted by Gasteiger charge is 2.31. The van der Waals surface area contributed by atoms with E-state index in [9.17, 15) is 18.5 Å². The molecule has 3 N–H and O–H groups in total. The fraction of sp³-hybridized carbons (Fsp3) is 0.375. The SMILES string of the molecule is CCN(/C=C(/C#N)C(=O)Nc1ccc(N)cc1Cl)C1CCS(=O)(=O)C1. The molecule has 1 aliphatic rings. The molecule has 0 radical (unpaired) electrons. The van der Waals surface area contributed by atoms with E-state index >= 15 is 0 Å². The second-order valence-electron chi connectivity index (χ2n) is 5.74. The molecule has 1 amide bonds. The van der Waals surface area contributed by atoms with Gasteiger partial charge in [0.15, 0.2) is 9.84 Å². The van der Waals surface area contributed by atoms with Crippen LogP contribution in [0.1, 0.15) is 13.3 Å². The van der Waals surface area contributed by atoms with Crippen LogP contribution in [0.5, 0.6) is 0 Å². The van der Waals surface area contributed by atoms with Crippen LogP contribution in [0.25, 0.3) is 0 Å². The van der Waals surface area contributed by atoms with Gasteiger partial charge in [0, 0.05) is 24.5 Å². The number of hydrogen-bond acceptors (Lipinski definition) is 6. The lowest BCUT2D eigenvalue weighted by Crippen LogP contribution is -2.32. The Morgan fingerprint density at radius 2 is 2.28 bits per heavy atom. The Hall–Kier alpha value is -2.24. The zero-order chi connectivity index (χ0) is 18.6. The molecule has 25 heavy (non-hydrogen) atoms. The molecule has 1 heterocycles. The molecule has 1 unspecified atom stereocenters. The van der Waals surface area contributed by atoms with Crippen molar-refractivity contribution < 1.29 is 13.2 Å². The summed E-state index contributed by atoms with van der Waals surface area (Å²) in [5.74, 6) is -0.466. The van der Waals surface area contributed by atoms with E-state index in [1.165, 1.54) is 12.3 Å². The first-order chi connectivity index (χ1) is 11.8. The standard InChI is InChI=1S/C16H19ClN4O3S/c1-2-21(13-5-6-25(23,24)10-13)9-11(8-18)16(22)20-15-4-3-12(19)7-14(15)17/h3-4,7,9,13H,2,5-6,10,19H2,1H3,(H,20,22)/b11-9-. The molecule has 7 nitrogen and oxygen atoms in total. The van der Waals surface area contributed by atoms with Crippen molar-refractivity contribution in [2.45, 2.75) is 19.4 Å². The fourth-order valence-corrected chi connectivity index (χ4v) is 4.60. The first-order valence-electron chi connectivity index (χ1n) is 7.70. The number of nitrogens with two attached hydrogens (primary N) is 1. The molecule has 1 saturated heterocycles. The second-order valence-corrected chi connectivity index (χ2v) is 8.37. The van der Waals surface area contributed by atoms with Crippen LogP contribution in [0.15, 0.2) is 30.0 Å². The molecular weight excluding hydrogens is 364 g/mol. The van der Waals surface area contributed by atoms with Crippen LogP contribution in [0.3, 0.4) is 0 Å². The summed E-state index contributed by atoms with van der Waals surface area (Å²) in [6, 6.07) is 6.25. The van der Waals surface area contributed by atoms with Gasteiger partial charge in [0.25, 0.3) is 5.91 Å². The van der Waals surface area contributed by atoms with Gasteiger partial charge in [0.05, 0.1) is 22.2 Å². The predicted molar refractivity (Wildman–Crippen MR) is 97.6 cm³/mol. The summed E-state index contributed by atoms with van der Waals surface area (Å²) in [6.45, 7) is 2.33. The van der Waals surface area contributed by atoms with Crippen molar-refractivity contribution in [2.24, 2.45) is 0 Å². The minimum Gasteiger partial charge on any atom is -0.399 e. The summed E-state index contributed by atoms with van der Waals surface area (Å²) in [5, 5.41) is 12.1. The summed E-state index contributed by atoms with van der Waals surface area (Å²) >= 11 is 6.02. The molecule has 1 atom stereocenters. The Kier molecular flexibility index (Phi) is 5.93. The number of sulfone groups is 1. The average Bonchev–Trinajstić information content (AvgIpc) is 2.91. The molecule has 1 fully saturated rings. The zero-order valence-corrected chi connectivity index (χ0v) is 15.3. The van der Waals surface area contributed by atoms with Crippen molar-refractivity contribution >= 4 is 38.7 Å². The van der Waals surface area contributed by atoms with Crippen molar-refractivity contribution in [1.29, 1.82) is 5.26 Å². The smallest absolute Gasteiger partial charge is 0.267 e. The quantitative estimate of drug-likeness (QED) is 0.455. The van der Waals surface area contributed by atoms with Crippen LogP contribution in [0, 0.1) is 11.3 Å². The van der Waals surface area contributed by atoms with E-state index in [1.807, 2.05) is 13.0 Å². The minimum atomic E-state index is -3.06. The third-order valence-corrected chi connectivity index (χ3v) is 6.01. The highest BCUT2D eigenvalue weighted by Crippen LogP contribution is 2.25. The number of nitrogen functional groups attached to an aromatic ring is 1. The number of carbonyl (C=O) groups excluding carboxylic acids is 1. The summed E-state index contributed by atoms with van der Waals surface area (Å²) in [6.07, 6.45) is 1.89. The van der Waals surface area contributed by atoms with Gasteiger partial charge in [-0.3, -0.25) is 4.79 Å². The third kappa shape index (κ3) is 4.87.